The molecule has 0 aliphatic heterocycles. The van der Waals surface area contributed by atoms with Gasteiger partial charge >= 0.3 is 5.97 Å². The Balaban J connectivity index is 1.64. The Morgan fingerprint density at radius 1 is 1.24 bits per heavy atom. The van der Waals surface area contributed by atoms with Gasteiger partial charge in [0.1, 0.15) is 17.0 Å². The maximum absolute atomic E-state index is 12.6. The van der Waals surface area contributed by atoms with E-state index in [1.165, 1.54) is 0 Å². The molecule has 0 saturated heterocycles. The minimum atomic E-state index is -1.37. The van der Waals surface area contributed by atoms with Gasteiger partial charge in [-0.05, 0) is 30.7 Å². The molecule has 29 heavy (non-hydrogen) atoms. The molecule has 11 nitrogen and oxygen atoms in total. The van der Waals surface area contributed by atoms with Gasteiger partial charge in [-0.2, -0.15) is 4.52 Å². The first-order chi connectivity index (χ1) is 13.8. The van der Waals surface area contributed by atoms with E-state index in [0.717, 1.165) is 32.9 Å². The fourth-order valence-corrected chi connectivity index (χ4v) is 2.91. The third-order valence-electron chi connectivity index (χ3n) is 4.22. The maximum Gasteiger partial charge on any atom is 0.354 e. The number of aromatic nitrogens is 4. The van der Waals surface area contributed by atoms with E-state index in [4.69, 9.17) is 10.2 Å². The SMILES string of the molecule is Cc1cc2cc(CNC(=O)c3cc(C(=O)O)n4nnc(C(N)=O)c4n3)ccc2o1. The molecule has 11 heteroatoms. The van der Waals surface area contributed by atoms with Gasteiger partial charge in [-0.1, -0.05) is 11.3 Å². The number of aryl methyl sites for hydroxylation is 1. The van der Waals surface area contributed by atoms with Crippen molar-refractivity contribution in [2.24, 2.45) is 5.73 Å². The molecule has 0 fully saturated rings. The molecule has 4 aromatic rings. The number of nitrogens with two attached hydrogens (primary N) is 1. The standard InChI is InChI=1S/C18H14N6O5/c1-8-4-10-5-9(2-3-13(10)29-8)7-20-17(26)11-6-12(18(27)28)24-16(21-11)14(15(19)25)22-23-24/h2-6H,7H2,1H3,(H2,19,25)(H,20,26)(H,27,28). The van der Waals surface area contributed by atoms with Crippen molar-refractivity contribution in [3.05, 3.63) is 58.7 Å². The van der Waals surface area contributed by atoms with E-state index in [-0.39, 0.29) is 29.3 Å². The van der Waals surface area contributed by atoms with Crippen molar-refractivity contribution in [1.29, 1.82) is 0 Å². The van der Waals surface area contributed by atoms with Crippen LogP contribution < -0.4 is 11.1 Å². The number of primary amides is 1. The number of carbonyl (C=O) groups is 3. The molecular formula is C18H14N6O5. The van der Waals surface area contributed by atoms with Crippen LogP contribution in [0.15, 0.2) is 34.7 Å². The lowest BCUT2D eigenvalue weighted by Gasteiger charge is -2.07. The van der Waals surface area contributed by atoms with Crippen LogP contribution in [0.5, 0.6) is 0 Å². The number of fused-ring (bicyclic) bond motifs is 2. The molecule has 3 aromatic heterocycles. The molecule has 146 valence electrons. The number of furan rings is 1. The number of hydrogen-bond donors (Lipinski definition) is 3. The first kappa shape index (κ1) is 18.1. The molecule has 0 spiro atoms. The van der Waals surface area contributed by atoms with Gasteiger partial charge in [0.15, 0.2) is 17.0 Å². The van der Waals surface area contributed by atoms with Crippen LogP contribution in [0.4, 0.5) is 0 Å². The lowest BCUT2D eigenvalue weighted by atomic mass is 10.1. The third kappa shape index (κ3) is 3.25. The van der Waals surface area contributed by atoms with Crippen LogP contribution in [-0.4, -0.2) is 42.7 Å². The van der Waals surface area contributed by atoms with Crippen LogP contribution in [0, 0.1) is 6.92 Å². The number of amides is 2. The first-order valence-electron chi connectivity index (χ1n) is 8.40. The van der Waals surface area contributed by atoms with Gasteiger partial charge in [0.2, 0.25) is 0 Å². The smallest absolute Gasteiger partial charge is 0.354 e. The van der Waals surface area contributed by atoms with Crippen molar-refractivity contribution in [2.75, 3.05) is 0 Å². The lowest BCUT2D eigenvalue weighted by molar-refractivity contribution is 0.0686. The number of carboxylic acids is 1. The normalized spacial score (nSPS) is 11.1. The second-order valence-corrected chi connectivity index (χ2v) is 6.28. The summed E-state index contributed by atoms with van der Waals surface area (Å²) in [6.07, 6.45) is 0. The summed E-state index contributed by atoms with van der Waals surface area (Å²) in [7, 11) is 0. The number of nitrogens with one attached hydrogen (secondary N) is 1. The topological polar surface area (TPSA) is 166 Å². The molecule has 0 radical (unpaired) electrons. The van der Waals surface area contributed by atoms with E-state index in [1.807, 2.05) is 19.1 Å². The number of hydrogen-bond acceptors (Lipinski definition) is 7. The number of rotatable bonds is 5. The fraction of sp³-hybridized carbons (Fsp3) is 0.111. The molecule has 0 bridgehead atoms. The zero-order valence-corrected chi connectivity index (χ0v) is 15.0. The Kier molecular flexibility index (Phi) is 4.19. The van der Waals surface area contributed by atoms with Crippen LogP contribution >= 0.6 is 0 Å². The Hall–Kier alpha value is -4.28. The van der Waals surface area contributed by atoms with Crippen molar-refractivity contribution < 1.29 is 23.9 Å². The van der Waals surface area contributed by atoms with Crippen molar-refractivity contribution in [3.8, 4) is 0 Å². The summed E-state index contributed by atoms with van der Waals surface area (Å²) in [6, 6.07) is 8.40. The highest BCUT2D eigenvalue weighted by Crippen LogP contribution is 2.20. The summed E-state index contributed by atoms with van der Waals surface area (Å²) in [5, 5.41) is 20.0. The highest BCUT2D eigenvalue weighted by atomic mass is 16.4. The molecule has 1 aromatic carbocycles. The molecule has 0 aliphatic rings. The van der Waals surface area contributed by atoms with E-state index in [2.05, 4.69) is 20.6 Å². The van der Waals surface area contributed by atoms with Gasteiger partial charge < -0.3 is 20.6 Å². The van der Waals surface area contributed by atoms with Crippen molar-refractivity contribution in [3.63, 3.8) is 0 Å². The summed E-state index contributed by atoms with van der Waals surface area (Å²) >= 11 is 0. The lowest BCUT2D eigenvalue weighted by Crippen LogP contribution is -2.25. The Labute approximate surface area is 162 Å². The maximum atomic E-state index is 12.6. The zero-order valence-electron chi connectivity index (χ0n) is 15.0. The summed E-state index contributed by atoms with van der Waals surface area (Å²) < 4.78 is 6.35. The van der Waals surface area contributed by atoms with E-state index in [0.29, 0.717) is 0 Å². The Morgan fingerprint density at radius 2 is 2.03 bits per heavy atom. The van der Waals surface area contributed by atoms with E-state index in [1.54, 1.807) is 12.1 Å². The summed E-state index contributed by atoms with van der Waals surface area (Å²) in [5.74, 6) is -2.16. The largest absolute Gasteiger partial charge is 0.477 e. The summed E-state index contributed by atoms with van der Waals surface area (Å²) in [5.41, 5.74) is 5.63. The molecule has 4 rings (SSSR count). The zero-order chi connectivity index (χ0) is 20.7. The predicted molar refractivity (Wildman–Crippen MR) is 98.4 cm³/mol. The number of carboxylic acid groups (broad SMARTS) is 1. The van der Waals surface area contributed by atoms with E-state index >= 15 is 0 Å². The number of nitrogens with zero attached hydrogens (tertiary/aromatic N) is 4. The molecule has 0 aliphatic carbocycles. The summed E-state index contributed by atoms with van der Waals surface area (Å²) in [4.78, 5) is 39.5. The average molecular weight is 394 g/mol. The monoisotopic (exact) mass is 394 g/mol. The molecule has 0 atom stereocenters. The number of aromatic carboxylic acids is 1. The third-order valence-corrected chi connectivity index (χ3v) is 4.22. The molecule has 0 unspecified atom stereocenters. The minimum absolute atomic E-state index is 0.175. The van der Waals surface area contributed by atoms with Crippen LogP contribution in [0.2, 0.25) is 0 Å². The van der Waals surface area contributed by atoms with Gasteiger partial charge in [0.05, 0.1) is 0 Å². The molecule has 4 N–H and O–H groups in total. The van der Waals surface area contributed by atoms with Gasteiger partial charge in [0, 0.05) is 18.0 Å². The fourth-order valence-electron chi connectivity index (χ4n) is 2.91. The highest BCUT2D eigenvalue weighted by molar-refractivity contribution is 6.00. The van der Waals surface area contributed by atoms with Crippen molar-refractivity contribution in [1.82, 2.24) is 25.1 Å². The van der Waals surface area contributed by atoms with Crippen LogP contribution in [-0.2, 0) is 6.54 Å². The summed E-state index contributed by atoms with van der Waals surface area (Å²) in [6.45, 7) is 2.02. The second kappa shape index (κ2) is 6.71. The van der Waals surface area contributed by atoms with Crippen molar-refractivity contribution >= 4 is 34.4 Å². The highest BCUT2D eigenvalue weighted by Gasteiger charge is 2.22. The van der Waals surface area contributed by atoms with Gasteiger partial charge in [-0.3, -0.25) is 9.59 Å². The molecular weight excluding hydrogens is 380 g/mol. The van der Waals surface area contributed by atoms with Gasteiger partial charge in [0.25, 0.3) is 11.8 Å². The van der Waals surface area contributed by atoms with E-state index < -0.39 is 17.8 Å². The number of benzene rings is 1. The molecule has 0 saturated carbocycles. The minimum Gasteiger partial charge on any atom is -0.477 e. The van der Waals surface area contributed by atoms with E-state index in [9.17, 15) is 19.5 Å². The van der Waals surface area contributed by atoms with Gasteiger partial charge in [-0.15, -0.1) is 5.10 Å². The van der Waals surface area contributed by atoms with Crippen LogP contribution in [0.3, 0.4) is 0 Å². The molecule has 2 amide bonds. The first-order valence-corrected chi connectivity index (χ1v) is 8.40. The average Bonchev–Trinajstić information content (AvgIpc) is 3.26. The van der Waals surface area contributed by atoms with Gasteiger partial charge in [-0.25, -0.2) is 9.78 Å². The quantitative estimate of drug-likeness (QED) is 0.449. The second-order valence-electron chi connectivity index (χ2n) is 6.28. The Morgan fingerprint density at radius 3 is 2.76 bits per heavy atom. The van der Waals surface area contributed by atoms with Crippen molar-refractivity contribution in [2.45, 2.75) is 13.5 Å². The Bertz CT molecular complexity index is 1310. The van der Waals surface area contributed by atoms with Crippen LogP contribution in [0.25, 0.3) is 16.6 Å². The molecule has 3 heterocycles. The predicted octanol–water partition coefficient (Wildman–Crippen LogP) is 0.906. The number of carbonyl (C=O) groups excluding carboxylic acids is 2. The van der Waals surface area contributed by atoms with Crippen LogP contribution in [0.1, 0.15) is 42.8 Å².